The lowest BCUT2D eigenvalue weighted by Crippen LogP contribution is -2.35. The largest absolute Gasteiger partial charge is 0.489 e. The molecule has 6 nitrogen and oxygen atoms in total. The molecule has 1 heterocycles. The molecule has 1 aliphatic rings. The van der Waals surface area contributed by atoms with Gasteiger partial charge < -0.3 is 10.1 Å². The Morgan fingerprint density at radius 1 is 1.03 bits per heavy atom. The first-order chi connectivity index (χ1) is 14.2. The van der Waals surface area contributed by atoms with Crippen molar-refractivity contribution in [2.45, 2.75) is 44.1 Å². The van der Waals surface area contributed by atoms with E-state index in [1.54, 1.807) is 13.8 Å². The summed E-state index contributed by atoms with van der Waals surface area (Å²) in [5.41, 5.74) is -0.122. The van der Waals surface area contributed by atoms with Crippen molar-refractivity contribution in [3.63, 3.8) is 0 Å². The van der Waals surface area contributed by atoms with Gasteiger partial charge in [0, 0.05) is 24.7 Å². The Morgan fingerprint density at radius 2 is 1.67 bits per heavy atom. The molecule has 1 amide bonds. The molecule has 2 aromatic carbocycles. The maximum absolute atomic E-state index is 13.5. The molecule has 1 aliphatic heterocycles. The summed E-state index contributed by atoms with van der Waals surface area (Å²) in [7, 11) is -3.74. The van der Waals surface area contributed by atoms with Gasteiger partial charge in [0.15, 0.2) is 0 Å². The van der Waals surface area contributed by atoms with Crippen molar-refractivity contribution in [1.82, 2.24) is 4.31 Å². The number of benzene rings is 2. The summed E-state index contributed by atoms with van der Waals surface area (Å²) in [6.07, 6.45) is 2.33. The lowest BCUT2D eigenvalue weighted by atomic mass is 10.2. The molecular formula is C21H24F2N2O4S. The number of piperidine rings is 1. The fraction of sp³-hybridized carbons (Fsp3) is 0.381. The number of hydrogen-bond donors (Lipinski definition) is 1. The number of nitrogens with zero attached hydrogens (tertiary/aromatic N) is 1. The summed E-state index contributed by atoms with van der Waals surface area (Å²) in [5, 5.41) is 2.52. The number of nitrogens with one attached hydrogen (secondary N) is 1. The molecule has 1 N–H and O–H groups in total. The van der Waals surface area contributed by atoms with Crippen molar-refractivity contribution in [3.8, 4) is 5.75 Å². The molecule has 0 bridgehead atoms. The van der Waals surface area contributed by atoms with Crippen LogP contribution in [-0.2, 0) is 10.0 Å². The Bertz CT molecular complexity index is 1020. The maximum atomic E-state index is 13.5. The van der Waals surface area contributed by atoms with Crippen LogP contribution < -0.4 is 10.1 Å². The number of ether oxygens (including phenoxy) is 1. The smallest absolute Gasteiger partial charge is 0.255 e. The minimum atomic E-state index is -3.74. The SMILES string of the molecule is CC(C)Oc1ccc(S(=O)(=O)N2CCCCC2)cc1NC(=O)c1cc(F)cc(F)c1. The molecule has 1 fully saturated rings. The highest BCUT2D eigenvalue weighted by atomic mass is 32.2. The van der Waals surface area contributed by atoms with E-state index in [0.717, 1.165) is 31.4 Å². The van der Waals surface area contributed by atoms with Crippen molar-refractivity contribution in [2.75, 3.05) is 18.4 Å². The first-order valence-corrected chi connectivity index (χ1v) is 11.2. The van der Waals surface area contributed by atoms with Crippen LogP contribution in [0.3, 0.4) is 0 Å². The maximum Gasteiger partial charge on any atom is 0.255 e. The number of anilines is 1. The van der Waals surface area contributed by atoms with E-state index < -0.39 is 27.6 Å². The second-order valence-corrected chi connectivity index (χ2v) is 9.34. The third-order valence-corrected chi connectivity index (χ3v) is 6.53. The molecule has 0 unspecified atom stereocenters. The van der Waals surface area contributed by atoms with Gasteiger partial charge in [0.1, 0.15) is 17.4 Å². The number of hydrogen-bond acceptors (Lipinski definition) is 4. The molecule has 0 atom stereocenters. The highest BCUT2D eigenvalue weighted by molar-refractivity contribution is 7.89. The fourth-order valence-corrected chi connectivity index (χ4v) is 4.80. The predicted octanol–water partition coefficient (Wildman–Crippen LogP) is 4.18. The zero-order valence-corrected chi connectivity index (χ0v) is 17.6. The molecule has 0 aromatic heterocycles. The summed E-state index contributed by atoms with van der Waals surface area (Å²) < 4.78 is 60.0. The van der Waals surface area contributed by atoms with Crippen molar-refractivity contribution in [2.24, 2.45) is 0 Å². The van der Waals surface area contributed by atoms with E-state index in [2.05, 4.69) is 5.32 Å². The lowest BCUT2D eigenvalue weighted by Gasteiger charge is -2.26. The van der Waals surface area contributed by atoms with Crippen LogP contribution >= 0.6 is 0 Å². The number of sulfonamides is 1. The summed E-state index contributed by atoms with van der Waals surface area (Å²) in [4.78, 5) is 12.6. The molecule has 30 heavy (non-hydrogen) atoms. The van der Waals surface area contributed by atoms with Crippen LogP contribution in [0.25, 0.3) is 0 Å². The van der Waals surface area contributed by atoms with Crippen LogP contribution in [0.4, 0.5) is 14.5 Å². The third-order valence-electron chi connectivity index (χ3n) is 4.64. The van der Waals surface area contributed by atoms with E-state index in [0.29, 0.717) is 19.2 Å². The Balaban J connectivity index is 1.96. The van der Waals surface area contributed by atoms with E-state index in [1.807, 2.05) is 0 Å². The molecule has 0 saturated carbocycles. The molecule has 9 heteroatoms. The van der Waals surface area contributed by atoms with E-state index in [9.17, 15) is 22.0 Å². The number of halogens is 2. The average Bonchev–Trinajstić information content (AvgIpc) is 2.68. The number of amides is 1. The van der Waals surface area contributed by atoms with E-state index in [4.69, 9.17) is 4.74 Å². The Morgan fingerprint density at radius 3 is 2.27 bits per heavy atom. The topological polar surface area (TPSA) is 75.7 Å². The Kier molecular flexibility index (Phi) is 6.72. The highest BCUT2D eigenvalue weighted by Gasteiger charge is 2.27. The number of rotatable bonds is 6. The fourth-order valence-electron chi connectivity index (χ4n) is 3.26. The third kappa shape index (κ3) is 5.14. The summed E-state index contributed by atoms with van der Waals surface area (Å²) in [5.74, 6) is -2.30. The van der Waals surface area contributed by atoms with E-state index in [1.165, 1.54) is 22.5 Å². The molecule has 0 spiro atoms. The van der Waals surface area contributed by atoms with Crippen LogP contribution in [0.1, 0.15) is 43.5 Å². The zero-order valence-electron chi connectivity index (χ0n) is 16.8. The predicted molar refractivity (Wildman–Crippen MR) is 109 cm³/mol. The minimum Gasteiger partial charge on any atom is -0.489 e. The minimum absolute atomic E-state index is 0.0150. The van der Waals surface area contributed by atoms with Gasteiger partial charge in [0.05, 0.1) is 16.7 Å². The lowest BCUT2D eigenvalue weighted by molar-refractivity contribution is 0.102. The molecular weight excluding hydrogens is 414 g/mol. The van der Waals surface area contributed by atoms with Gasteiger partial charge in [-0.15, -0.1) is 0 Å². The van der Waals surface area contributed by atoms with Crippen LogP contribution in [-0.4, -0.2) is 37.8 Å². The Labute approximate surface area is 174 Å². The zero-order chi connectivity index (χ0) is 21.9. The standard InChI is InChI=1S/C21H24F2N2O4S/c1-14(2)29-20-7-6-18(30(27,28)25-8-4-3-5-9-25)13-19(20)24-21(26)15-10-16(22)12-17(23)11-15/h6-7,10-14H,3-5,8-9H2,1-2H3,(H,24,26). The van der Waals surface area contributed by atoms with Gasteiger partial charge in [-0.05, 0) is 57.0 Å². The van der Waals surface area contributed by atoms with Crippen molar-refractivity contribution >= 4 is 21.6 Å². The van der Waals surface area contributed by atoms with Gasteiger partial charge in [-0.2, -0.15) is 4.31 Å². The first-order valence-electron chi connectivity index (χ1n) is 9.75. The molecule has 1 saturated heterocycles. The van der Waals surface area contributed by atoms with Crippen LogP contribution in [0.2, 0.25) is 0 Å². The monoisotopic (exact) mass is 438 g/mol. The van der Waals surface area contributed by atoms with E-state index >= 15 is 0 Å². The van der Waals surface area contributed by atoms with Crippen molar-refractivity contribution in [3.05, 3.63) is 53.6 Å². The van der Waals surface area contributed by atoms with Crippen molar-refractivity contribution < 1.29 is 26.7 Å². The summed E-state index contributed by atoms with van der Waals surface area (Å²) in [6.45, 7) is 4.45. The second kappa shape index (κ2) is 9.09. The number of carbonyl (C=O) groups is 1. The second-order valence-electron chi connectivity index (χ2n) is 7.40. The van der Waals surface area contributed by atoms with Gasteiger partial charge in [-0.3, -0.25) is 4.79 Å². The van der Waals surface area contributed by atoms with Crippen molar-refractivity contribution in [1.29, 1.82) is 0 Å². The molecule has 3 rings (SSSR count). The average molecular weight is 438 g/mol. The Hall–Kier alpha value is -2.52. The molecule has 162 valence electrons. The summed E-state index contributed by atoms with van der Waals surface area (Å²) in [6, 6.07) is 6.67. The normalized spacial score (nSPS) is 15.2. The molecule has 0 radical (unpaired) electrons. The van der Waals surface area contributed by atoms with E-state index in [-0.39, 0.29) is 28.0 Å². The molecule has 0 aliphatic carbocycles. The van der Waals surface area contributed by atoms with Crippen LogP contribution in [0.5, 0.6) is 5.75 Å². The quantitative estimate of drug-likeness (QED) is 0.734. The summed E-state index contributed by atoms with van der Waals surface area (Å²) >= 11 is 0. The highest BCUT2D eigenvalue weighted by Crippen LogP contribution is 2.31. The van der Waals surface area contributed by atoms with Gasteiger partial charge >= 0.3 is 0 Å². The van der Waals surface area contributed by atoms with Gasteiger partial charge in [-0.25, -0.2) is 17.2 Å². The van der Waals surface area contributed by atoms with Gasteiger partial charge in [0.25, 0.3) is 5.91 Å². The first kappa shape index (κ1) is 22.2. The van der Waals surface area contributed by atoms with Crippen LogP contribution in [0, 0.1) is 11.6 Å². The number of carbonyl (C=O) groups excluding carboxylic acids is 1. The van der Waals surface area contributed by atoms with Gasteiger partial charge in [-0.1, -0.05) is 6.42 Å². The molecule has 2 aromatic rings. The van der Waals surface area contributed by atoms with Crippen LogP contribution in [0.15, 0.2) is 41.3 Å². The van der Waals surface area contributed by atoms with Gasteiger partial charge in [0.2, 0.25) is 10.0 Å².